The average Bonchev–Trinajstić information content (AvgIpc) is 3.37. The van der Waals surface area contributed by atoms with Crippen molar-refractivity contribution in [2.24, 2.45) is 0 Å². The highest BCUT2D eigenvalue weighted by atomic mass is 32.1. The molecular formula is C29H17N7S. The predicted octanol–water partition coefficient (Wildman–Crippen LogP) is 6.49. The molecule has 0 spiro atoms. The van der Waals surface area contributed by atoms with Gasteiger partial charge in [-0.1, -0.05) is 78.9 Å². The maximum Gasteiger partial charge on any atom is 0.184 e. The van der Waals surface area contributed by atoms with Crippen molar-refractivity contribution in [3.05, 3.63) is 104 Å². The molecule has 0 aliphatic heterocycles. The average molecular weight is 496 g/mol. The van der Waals surface area contributed by atoms with E-state index in [1.165, 1.54) is 0 Å². The van der Waals surface area contributed by atoms with E-state index in [-0.39, 0.29) is 0 Å². The third-order valence-electron chi connectivity index (χ3n) is 6.02. The summed E-state index contributed by atoms with van der Waals surface area (Å²) < 4.78 is 2.15. The lowest BCUT2D eigenvalue weighted by atomic mass is 10.1. The Bertz CT molecular complexity index is 1810. The van der Waals surface area contributed by atoms with E-state index >= 15 is 0 Å². The van der Waals surface area contributed by atoms with Crippen molar-refractivity contribution in [1.82, 2.24) is 34.9 Å². The lowest BCUT2D eigenvalue weighted by Crippen LogP contribution is -2.01. The van der Waals surface area contributed by atoms with E-state index in [1.807, 2.05) is 72.9 Å². The lowest BCUT2D eigenvalue weighted by Gasteiger charge is -2.08. The summed E-state index contributed by atoms with van der Waals surface area (Å²) in [5, 5.41) is 1.09. The Balaban J connectivity index is 1.33. The highest BCUT2D eigenvalue weighted by Crippen LogP contribution is 2.38. The molecular weight excluding hydrogens is 478 g/mol. The van der Waals surface area contributed by atoms with Crippen LogP contribution < -0.4 is 0 Å². The molecule has 0 saturated heterocycles. The minimum absolute atomic E-state index is 0.474. The second-order valence-corrected chi connectivity index (χ2v) is 9.40. The quantitative estimate of drug-likeness (QED) is 0.276. The molecule has 7 rings (SSSR count). The molecule has 4 heterocycles. The van der Waals surface area contributed by atoms with Crippen LogP contribution in [0.5, 0.6) is 0 Å². The first-order chi connectivity index (χ1) is 18.3. The summed E-state index contributed by atoms with van der Waals surface area (Å²) in [6.45, 7) is 0. The first kappa shape index (κ1) is 21.3. The van der Waals surface area contributed by atoms with Crippen LogP contribution in [0.25, 0.3) is 65.9 Å². The van der Waals surface area contributed by atoms with Crippen LogP contribution in [0, 0.1) is 0 Å². The van der Waals surface area contributed by atoms with E-state index in [2.05, 4.69) is 22.1 Å². The van der Waals surface area contributed by atoms with E-state index in [0.717, 1.165) is 42.7 Å². The number of hydrogen-bond donors (Lipinski definition) is 0. The van der Waals surface area contributed by atoms with Crippen LogP contribution in [0.2, 0.25) is 0 Å². The Kier molecular flexibility index (Phi) is 5.15. The summed E-state index contributed by atoms with van der Waals surface area (Å²) in [4.78, 5) is 32.3. The minimum Gasteiger partial charge on any atom is -0.252 e. The van der Waals surface area contributed by atoms with Gasteiger partial charge in [-0.05, 0) is 0 Å². The summed E-state index contributed by atoms with van der Waals surface area (Å²) in [7, 11) is 0. The van der Waals surface area contributed by atoms with Gasteiger partial charge in [0.2, 0.25) is 0 Å². The molecule has 0 radical (unpaired) electrons. The molecule has 0 amide bonds. The fourth-order valence-corrected chi connectivity index (χ4v) is 5.39. The third-order valence-corrected chi connectivity index (χ3v) is 7.18. The van der Waals surface area contributed by atoms with Crippen LogP contribution in [0.1, 0.15) is 0 Å². The van der Waals surface area contributed by atoms with E-state index in [4.69, 9.17) is 24.9 Å². The van der Waals surface area contributed by atoms with Crippen molar-refractivity contribution >= 4 is 31.6 Å². The van der Waals surface area contributed by atoms with Gasteiger partial charge >= 0.3 is 0 Å². The van der Waals surface area contributed by atoms with Crippen LogP contribution in [0.3, 0.4) is 0 Å². The zero-order valence-electron chi connectivity index (χ0n) is 19.4. The molecule has 0 atom stereocenters. The second-order valence-electron chi connectivity index (χ2n) is 8.35. The molecule has 4 aromatic heterocycles. The summed E-state index contributed by atoms with van der Waals surface area (Å²) in [5.41, 5.74) is 5.13. The zero-order valence-corrected chi connectivity index (χ0v) is 20.2. The third kappa shape index (κ3) is 3.89. The Morgan fingerprint density at radius 3 is 1.86 bits per heavy atom. The Hall–Kier alpha value is -4.95. The van der Waals surface area contributed by atoms with Gasteiger partial charge in [-0.25, -0.2) is 29.9 Å². The molecule has 0 saturated carbocycles. The summed E-state index contributed by atoms with van der Waals surface area (Å²) in [6.07, 6.45) is 6.92. The van der Waals surface area contributed by atoms with Crippen molar-refractivity contribution in [2.75, 3.05) is 0 Å². The van der Waals surface area contributed by atoms with Crippen molar-refractivity contribution in [1.29, 1.82) is 0 Å². The summed E-state index contributed by atoms with van der Waals surface area (Å²) in [6, 6.07) is 25.9. The molecule has 174 valence electrons. The normalized spacial score (nSPS) is 11.2. The van der Waals surface area contributed by atoms with Gasteiger partial charge in [-0.15, -0.1) is 11.3 Å². The van der Waals surface area contributed by atoms with E-state index in [0.29, 0.717) is 23.2 Å². The van der Waals surface area contributed by atoms with Crippen LogP contribution in [-0.4, -0.2) is 34.9 Å². The smallest absolute Gasteiger partial charge is 0.184 e. The number of hydrogen-bond acceptors (Lipinski definition) is 8. The zero-order chi connectivity index (χ0) is 24.6. The van der Waals surface area contributed by atoms with Crippen molar-refractivity contribution in [3.8, 4) is 45.6 Å². The molecule has 0 aliphatic rings. The summed E-state index contributed by atoms with van der Waals surface area (Å²) in [5.74, 6) is 1.65. The molecule has 0 fully saturated rings. The SMILES string of the molecule is c1ccc(-c2nc(-c3ccccc3)nc(-c3cnc(-c4cccc5c4sc4cncnc45)cn3)n2)cc1. The largest absolute Gasteiger partial charge is 0.252 e. The van der Waals surface area contributed by atoms with E-state index in [1.54, 1.807) is 30.1 Å². The lowest BCUT2D eigenvalue weighted by molar-refractivity contribution is 1.05. The Morgan fingerprint density at radius 2 is 1.19 bits per heavy atom. The molecule has 37 heavy (non-hydrogen) atoms. The predicted molar refractivity (Wildman–Crippen MR) is 146 cm³/mol. The maximum atomic E-state index is 4.76. The molecule has 0 aliphatic carbocycles. The highest BCUT2D eigenvalue weighted by Gasteiger charge is 2.15. The molecule has 0 unspecified atom stereocenters. The van der Waals surface area contributed by atoms with Gasteiger partial charge in [0, 0.05) is 33.0 Å². The van der Waals surface area contributed by atoms with Crippen molar-refractivity contribution < 1.29 is 0 Å². The fraction of sp³-hybridized carbons (Fsp3) is 0. The number of benzene rings is 3. The van der Waals surface area contributed by atoms with Gasteiger partial charge in [0.1, 0.15) is 12.0 Å². The summed E-state index contributed by atoms with van der Waals surface area (Å²) >= 11 is 1.66. The Morgan fingerprint density at radius 1 is 0.541 bits per heavy atom. The molecule has 7 nitrogen and oxygen atoms in total. The fourth-order valence-electron chi connectivity index (χ4n) is 4.24. The van der Waals surface area contributed by atoms with Gasteiger partial charge < -0.3 is 0 Å². The molecule has 7 aromatic rings. The van der Waals surface area contributed by atoms with Crippen molar-refractivity contribution in [3.63, 3.8) is 0 Å². The van der Waals surface area contributed by atoms with Gasteiger partial charge in [0.15, 0.2) is 17.5 Å². The molecule has 3 aromatic carbocycles. The number of thiophene rings is 1. The molecule has 0 bridgehead atoms. The monoisotopic (exact) mass is 495 g/mol. The topological polar surface area (TPSA) is 90.2 Å². The highest BCUT2D eigenvalue weighted by molar-refractivity contribution is 7.26. The minimum atomic E-state index is 0.474. The molecule has 0 N–H and O–H groups in total. The first-order valence-corrected chi connectivity index (χ1v) is 12.5. The standard InChI is InChI=1S/C29H17N7S/c1-3-8-18(9-4-1)27-34-28(19-10-5-2-6-11-19)36-29(35-27)23-15-31-22(14-32-23)20-12-7-13-21-25-24(37-26(20)21)16-30-17-33-25/h1-17H. The molecule has 8 heteroatoms. The van der Waals surface area contributed by atoms with Gasteiger partial charge in [0.25, 0.3) is 0 Å². The number of fused-ring (bicyclic) bond motifs is 3. The van der Waals surface area contributed by atoms with Crippen LogP contribution in [0.4, 0.5) is 0 Å². The van der Waals surface area contributed by atoms with Gasteiger partial charge in [-0.3, -0.25) is 4.98 Å². The van der Waals surface area contributed by atoms with Gasteiger partial charge in [-0.2, -0.15) is 0 Å². The number of rotatable bonds is 4. The van der Waals surface area contributed by atoms with Crippen LogP contribution >= 0.6 is 11.3 Å². The Labute approximate surface area is 215 Å². The number of aromatic nitrogens is 7. The second kappa shape index (κ2) is 8.92. The van der Waals surface area contributed by atoms with Crippen molar-refractivity contribution in [2.45, 2.75) is 0 Å². The van der Waals surface area contributed by atoms with E-state index in [9.17, 15) is 0 Å². The van der Waals surface area contributed by atoms with Crippen LogP contribution in [-0.2, 0) is 0 Å². The number of nitrogens with zero attached hydrogens (tertiary/aromatic N) is 7. The van der Waals surface area contributed by atoms with E-state index < -0.39 is 0 Å². The van der Waals surface area contributed by atoms with Crippen LogP contribution in [0.15, 0.2) is 104 Å². The first-order valence-electron chi connectivity index (χ1n) is 11.6. The maximum absolute atomic E-state index is 4.76. The van der Waals surface area contributed by atoms with Gasteiger partial charge in [0.05, 0.1) is 28.3 Å².